The summed E-state index contributed by atoms with van der Waals surface area (Å²) in [5.74, 6) is -1.32. The second kappa shape index (κ2) is 8.41. The first kappa shape index (κ1) is 18.2. The van der Waals surface area contributed by atoms with E-state index in [0.717, 1.165) is 0 Å². The Kier molecular flexibility index (Phi) is 8.07. The van der Waals surface area contributed by atoms with Gasteiger partial charge in [-0.1, -0.05) is 13.8 Å². The zero-order chi connectivity index (χ0) is 15.2. The molecule has 0 aromatic carbocycles. The molecule has 7 N–H and O–H groups in total. The van der Waals surface area contributed by atoms with Crippen molar-refractivity contribution in [3.8, 4) is 0 Å². The van der Waals surface area contributed by atoms with Gasteiger partial charge in [0.15, 0.2) is 0 Å². The molecular formula is C11H23NO7. The normalized spacial score (nSPS) is 19.8. The fraction of sp³-hybridized carbons (Fsp3) is 0.909. The highest BCUT2D eigenvalue weighted by Crippen LogP contribution is 2.06. The molecule has 0 aliphatic heterocycles. The number of hydrogen-bond acceptors (Lipinski definition) is 7. The van der Waals surface area contributed by atoms with E-state index in [1.54, 1.807) is 13.8 Å². The molecular weight excluding hydrogens is 258 g/mol. The van der Waals surface area contributed by atoms with E-state index in [9.17, 15) is 20.1 Å². The average molecular weight is 281 g/mol. The van der Waals surface area contributed by atoms with E-state index in [4.69, 9.17) is 15.3 Å². The van der Waals surface area contributed by atoms with Crippen molar-refractivity contribution in [2.75, 3.05) is 13.2 Å². The topological polar surface area (TPSA) is 150 Å². The molecule has 5 atom stereocenters. The molecule has 0 aromatic heterocycles. The van der Waals surface area contributed by atoms with Crippen molar-refractivity contribution in [3.63, 3.8) is 0 Å². The highest BCUT2D eigenvalue weighted by molar-refractivity contribution is 5.73. The SMILES string of the molecule is CC(C)[C@H](NC[C@H](O)[C@@H](O)[C@H](O)[C@H](O)CO)C(=O)O. The predicted molar refractivity (Wildman–Crippen MR) is 65.4 cm³/mol. The second-order valence-corrected chi connectivity index (χ2v) is 4.77. The Morgan fingerprint density at radius 1 is 1.05 bits per heavy atom. The molecule has 0 aliphatic rings. The van der Waals surface area contributed by atoms with Gasteiger partial charge in [-0.15, -0.1) is 0 Å². The van der Waals surface area contributed by atoms with Crippen LogP contribution in [-0.2, 0) is 4.79 Å². The van der Waals surface area contributed by atoms with E-state index in [2.05, 4.69) is 5.32 Å². The molecule has 0 aromatic rings. The number of nitrogens with one attached hydrogen (secondary N) is 1. The molecule has 19 heavy (non-hydrogen) atoms. The summed E-state index contributed by atoms with van der Waals surface area (Å²) in [7, 11) is 0. The fourth-order valence-electron chi connectivity index (χ4n) is 1.54. The molecule has 0 radical (unpaired) electrons. The van der Waals surface area contributed by atoms with Crippen molar-refractivity contribution < 1.29 is 35.4 Å². The Hall–Kier alpha value is -0.770. The summed E-state index contributed by atoms with van der Waals surface area (Å²) in [6.07, 6.45) is -6.47. The lowest BCUT2D eigenvalue weighted by molar-refractivity contribution is -0.141. The standard InChI is InChI=1S/C11H23NO7/c1-5(2)8(11(18)19)12-3-6(14)9(16)10(17)7(15)4-13/h5-10,12-17H,3-4H2,1-2H3,(H,18,19)/t6-,7+,8-,9+,10+/m0/s1. The first-order valence-electron chi connectivity index (χ1n) is 6.01. The maximum atomic E-state index is 10.9. The first-order chi connectivity index (χ1) is 8.72. The minimum Gasteiger partial charge on any atom is -0.480 e. The van der Waals surface area contributed by atoms with Crippen molar-refractivity contribution in [1.82, 2.24) is 5.32 Å². The summed E-state index contributed by atoms with van der Waals surface area (Å²) in [4.78, 5) is 10.9. The lowest BCUT2D eigenvalue weighted by Crippen LogP contribution is -2.52. The van der Waals surface area contributed by atoms with Crippen LogP contribution in [0.3, 0.4) is 0 Å². The Bertz CT molecular complexity index is 274. The van der Waals surface area contributed by atoms with Gasteiger partial charge in [0.05, 0.1) is 12.7 Å². The third kappa shape index (κ3) is 5.81. The molecule has 0 amide bonds. The van der Waals surface area contributed by atoms with Crippen LogP contribution in [0.5, 0.6) is 0 Å². The van der Waals surface area contributed by atoms with Gasteiger partial charge in [0.1, 0.15) is 24.4 Å². The summed E-state index contributed by atoms with van der Waals surface area (Å²) in [6.45, 7) is 2.32. The summed E-state index contributed by atoms with van der Waals surface area (Å²) in [6, 6.07) is -0.901. The predicted octanol–water partition coefficient (Wildman–Crippen LogP) is -2.88. The molecule has 0 heterocycles. The van der Waals surface area contributed by atoms with Gasteiger partial charge in [0.2, 0.25) is 0 Å². The van der Waals surface area contributed by atoms with Crippen LogP contribution in [0.1, 0.15) is 13.8 Å². The van der Waals surface area contributed by atoms with Gasteiger partial charge < -0.3 is 36.0 Å². The summed E-state index contributed by atoms with van der Waals surface area (Å²) in [5.41, 5.74) is 0. The minimum absolute atomic E-state index is 0.227. The maximum absolute atomic E-state index is 10.9. The van der Waals surface area contributed by atoms with E-state index >= 15 is 0 Å². The van der Waals surface area contributed by atoms with Crippen LogP contribution in [0.25, 0.3) is 0 Å². The van der Waals surface area contributed by atoms with Crippen molar-refractivity contribution in [3.05, 3.63) is 0 Å². The van der Waals surface area contributed by atoms with E-state index < -0.39 is 43.0 Å². The van der Waals surface area contributed by atoms with Gasteiger partial charge in [-0.25, -0.2) is 0 Å². The zero-order valence-electron chi connectivity index (χ0n) is 11.0. The van der Waals surface area contributed by atoms with Gasteiger partial charge >= 0.3 is 5.97 Å². The maximum Gasteiger partial charge on any atom is 0.320 e. The average Bonchev–Trinajstić information content (AvgIpc) is 2.34. The van der Waals surface area contributed by atoms with Crippen LogP contribution in [0.4, 0.5) is 0 Å². The number of aliphatic carboxylic acids is 1. The Morgan fingerprint density at radius 3 is 1.89 bits per heavy atom. The summed E-state index contributed by atoms with van der Waals surface area (Å²) < 4.78 is 0. The minimum atomic E-state index is -1.72. The van der Waals surface area contributed by atoms with Crippen LogP contribution < -0.4 is 5.32 Å². The monoisotopic (exact) mass is 281 g/mol. The van der Waals surface area contributed by atoms with Crippen molar-refractivity contribution in [1.29, 1.82) is 0 Å². The van der Waals surface area contributed by atoms with Crippen LogP contribution in [-0.4, -0.2) is 80.2 Å². The van der Waals surface area contributed by atoms with E-state index in [1.165, 1.54) is 0 Å². The third-order valence-corrected chi connectivity index (χ3v) is 2.81. The summed E-state index contributed by atoms with van der Waals surface area (Å²) >= 11 is 0. The Labute approximate surface area is 111 Å². The second-order valence-electron chi connectivity index (χ2n) is 4.77. The lowest BCUT2D eigenvalue weighted by Gasteiger charge is -2.27. The molecule has 114 valence electrons. The van der Waals surface area contributed by atoms with Gasteiger partial charge in [-0.2, -0.15) is 0 Å². The largest absolute Gasteiger partial charge is 0.480 e. The molecule has 0 unspecified atom stereocenters. The van der Waals surface area contributed by atoms with E-state index in [-0.39, 0.29) is 12.5 Å². The van der Waals surface area contributed by atoms with Gasteiger partial charge in [-0.3, -0.25) is 4.79 Å². The number of aliphatic hydroxyl groups is 5. The van der Waals surface area contributed by atoms with Gasteiger partial charge in [-0.05, 0) is 5.92 Å². The Balaban J connectivity index is 4.36. The summed E-state index contributed by atoms with van der Waals surface area (Å²) in [5, 5.41) is 57.6. The number of hydrogen-bond donors (Lipinski definition) is 7. The van der Waals surface area contributed by atoms with Gasteiger partial charge in [0.25, 0.3) is 0 Å². The number of carboxylic acids is 1. The van der Waals surface area contributed by atoms with Crippen LogP contribution in [0.2, 0.25) is 0 Å². The number of aliphatic hydroxyl groups excluding tert-OH is 5. The highest BCUT2D eigenvalue weighted by atomic mass is 16.4. The molecule has 0 fully saturated rings. The van der Waals surface area contributed by atoms with Crippen molar-refractivity contribution >= 4 is 5.97 Å². The molecule has 0 aliphatic carbocycles. The molecule has 0 saturated carbocycles. The number of carbonyl (C=O) groups is 1. The molecule has 8 heteroatoms. The first-order valence-corrected chi connectivity index (χ1v) is 6.01. The van der Waals surface area contributed by atoms with Crippen LogP contribution in [0.15, 0.2) is 0 Å². The third-order valence-electron chi connectivity index (χ3n) is 2.81. The molecule has 8 nitrogen and oxygen atoms in total. The van der Waals surface area contributed by atoms with Crippen LogP contribution >= 0.6 is 0 Å². The lowest BCUT2D eigenvalue weighted by atomic mass is 10.0. The smallest absolute Gasteiger partial charge is 0.320 e. The van der Waals surface area contributed by atoms with Crippen molar-refractivity contribution in [2.24, 2.45) is 5.92 Å². The van der Waals surface area contributed by atoms with Crippen molar-refractivity contribution in [2.45, 2.75) is 44.3 Å². The molecule has 0 bridgehead atoms. The molecule has 0 spiro atoms. The quantitative estimate of drug-likeness (QED) is 0.238. The Morgan fingerprint density at radius 2 is 1.53 bits per heavy atom. The number of carboxylic acid groups (broad SMARTS) is 1. The zero-order valence-corrected chi connectivity index (χ0v) is 11.0. The number of rotatable bonds is 9. The molecule has 0 rings (SSSR count). The van der Waals surface area contributed by atoms with E-state index in [1.807, 2.05) is 0 Å². The van der Waals surface area contributed by atoms with E-state index in [0.29, 0.717) is 0 Å². The van der Waals surface area contributed by atoms with Gasteiger partial charge in [0, 0.05) is 6.54 Å². The molecule has 0 saturated heterocycles. The van der Waals surface area contributed by atoms with Crippen LogP contribution in [0, 0.1) is 5.92 Å². The highest BCUT2D eigenvalue weighted by Gasteiger charge is 2.31. The fourth-order valence-corrected chi connectivity index (χ4v) is 1.54.